The number of hydrogen-bond donors (Lipinski definition) is 2. The van der Waals surface area contributed by atoms with E-state index in [9.17, 15) is 14.4 Å². The van der Waals surface area contributed by atoms with Crippen molar-refractivity contribution in [1.82, 2.24) is 5.32 Å². The van der Waals surface area contributed by atoms with Crippen LogP contribution in [0.1, 0.15) is 56.9 Å². The van der Waals surface area contributed by atoms with Crippen molar-refractivity contribution >= 4 is 23.6 Å². The number of carbonyl (C=O) groups is 3. The number of Topliss-reactive ketones (excluding diaryl/α,β-unsaturated/α-hetero) is 1. The molecule has 1 saturated carbocycles. The molecule has 1 fully saturated rings. The van der Waals surface area contributed by atoms with Crippen molar-refractivity contribution in [2.24, 2.45) is 10.9 Å². The Bertz CT molecular complexity index is 771. The molecule has 2 aliphatic rings. The van der Waals surface area contributed by atoms with Gasteiger partial charge in [-0.3, -0.25) is 9.59 Å². The van der Waals surface area contributed by atoms with Crippen molar-refractivity contribution in [2.75, 3.05) is 6.61 Å². The topological polar surface area (TPSA) is 105 Å². The first kappa shape index (κ1) is 22.0. The first-order valence-corrected chi connectivity index (χ1v) is 10.8. The lowest BCUT2D eigenvalue weighted by Crippen LogP contribution is -2.44. The summed E-state index contributed by atoms with van der Waals surface area (Å²) in [4.78, 5) is 40.5. The Balaban J connectivity index is 1.60. The van der Waals surface area contributed by atoms with Crippen LogP contribution in [0.25, 0.3) is 0 Å². The molecule has 7 nitrogen and oxygen atoms in total. The number of amides is 1. The van der Waals surface area contributed by atoms with Gasteiger partial charge in [-0.2, -0.15) is 0 Å². The monoisotopic (exact) mass is 414 g/mol. The van der Waals surface area contributed by atoms with Crippen LogP contribution < -0.4 is 5.32 Å². The fourth-order valence-corrected chi connectivity index (χ4v) is 4.09. The number of aryl methyl sites for hydroxylation is 1. The van der Waals surface area contributed by atoms with Gasteiger partial charge in [-0.05, 0) is 30.7 Å². The predicted octanol–water partition coefficient (Wildman–Crippen LogP) is 2.92. The van der Waals surface area contributed by atoms with Crippen molar-refractivity contribution in [3.05, 3.63) is 35.9 Å². The highest BCUT2D eigenvalue weighted by Gasteiger charge is 2.33. The highest BCUT2D eigenvalue weighted by Crippen LogP contribution is 2.27. The average Bonchev–Trinajstić information content (AvgIpc) is 3.27. The SMILES string of the molecule is O=C(CCC1CCCCC1)N[C@@H](CCc1ccccc1)C(=O)C1=N[C@H](C(=O)O)CO1. The van der Waals surface area contributed by atoms with E-state index >= 15 is 0 Å². The van der Waals surface area contributed by atoms with E-state index in [0.29, 0.717) is 25.2 Å². The van der Waals surface area contributed by atoms with Crippen LogP contribution in [-0.4, -0.2) is 47.4 Å². The number of ether oxygens (including phenoxy) is 1. The molecule has 1 amide bonds. The summed E-state index contributed by atoms with van der Waals surface area (Å²) in [6.07, 6.45) is 8.31. The zero-order valence-electron chi connectivity index (χ0n) is 17.2. The van der Waals surface area contributed by atoms with Crippen LogP contribution in [0.4, 0.5) is 0 Å². The third kappa shape index (κ3) is 6.40. The third-order valence-electron chi connectivity index (χ3n) is 5.87. The first-order chi connectivity index (χ1) is 14.5. The lowest BCUT2D eigenvalue weighted by atomic mass is 9.86. The smallest absolute Gasteiger partial charge is 0.332 e. The summed E-state index contributed by atoms with van der Waals surface area (Å²) in [7, 11) is 0. The van der Waals surface area contributed by atoms with E-state index in [4.69, 9.17) is 9.84 Å². The number of hydrogen-bond acceptors (Lipinski definition) is 5. The Kier molecular flexibility index (Phi) is 7.99. The van der Waals surface area contributed by atoms with Crippen molar-refractivity contribution in [3.63, 3.8) is 0 Å². The second-order valence-corrected chi connectivity index (χ2v) is 8.15. The third-order valence-corrected chi connectivity index (χ3v) is 5.87. The molecule has 30 heavy (non-hydrogen) atoms. The van der Waals surface area contributed by atoms with Gasteiger partial charge in [0.05, 0.1) is 6.04 Å². The van der Waals surface area contributed by atoms with Gasteiger partial charge < -0.3 is 15.2 Å². The number of nitrogens with one attached hydrogen (secondary N) is 1. The van der Waals surface area contributed by atoms with E-state index < -0.39 is 23.8 Å². The maximum Gasteiger partial charge on any atom is 0.332 e. The highest BCUT2D eigenvalue weighted by molar-refractivity contribution is 6.39. The molecule has 2 atom stereocenters. The molecule has 1 aromatic carbocycles. The van der Waals surface area contributed by atoms with Crippen molar-refractivity contribution in [3.8, 4) is 0 Å². The summed E-state index contributed by atoms with van der Waals surface area (Å²) in [6, 6.07) is 7.86. The van der Waals surface area contributed by atoms with Gasteiger partial charge in [0.1, 0.15) is 6.61 Å². The second-order valence-electron chi connectivity index (χ2n) is 8.15. The molecule has 1 aliphatic heterocycles. The standard InChI is InChI=1S/C23H30N2O5/c26-20(14-12-17-9-5-2-6-10-17)24-18(13-11-16-7-3-1-4-8-16)21(27)22-25-19(15-30-22)23(28)29/h1,3-4,7-8,17-19H,2,5-6,9-15H2,(H,24,26)(H,28,29)/t18-,19-/m0/s1. The van der Waals surface area contributed by atoms with Crippen LogP contribution >= 0.6 is 0 Å². The number of ketones is 1. The minimum Gasteiger partial charge on any atom is -0.480 e. The Hall–Kier alpha value is -2.70. The van der Waals surface area contributed by atoms with E-state index in [1.54, 1.807) is 0 Å². The molecule has 0 spiro atoms. The number of carboxylic acids is 1. The number of carbonyl (C=O) groups excluding carboxylic acids is 2. The number of aliphatic carboxylic acids is 1. The predicted molar refractivity (Wildman–Crippen MR) is 112 cm³/mol. The Labute approximate surface area is 176 Å². The summed E-state index contributed by atoms with van der Waals surface area (Å²) >= 11 is 0. The molecule has 0 unspecified atom stereocenters. The van der Waals surface area contributed by atoms with E-state index in [1.165, 1.54) is 32.1 Å². The number of nitrogens with zero attached hydrogens (tertiary/aromatic N) is 1. The van der Waals surface area contributed by atoms with Crippen LogP contribution in [-0.2, 0) is 25.5 Å². The number of aliphatic imine (C=N–C) groups is 1. The summed E-state index contributed by atoms with van der Waals surface area (Å²) in [5.74, 6) is -1.36. The van der Waals surface area contributed by atoms with E-state index in [1.807, 2.05) is 30.3 Å². The first-order valence-electron chi connectivity index (χ1n) is 10.8. The lowest BCUT2D eigenvalue weighted by Gasteiger charge is -2.22. The molecule has 0 saturated heterocycles. The van der Waals surface area contributed by atoms with Gasteiger partial charge in [0.25, 0.3) is 5.90 Å². The average molecular weight is 415 g/mol. The summed E-state index contributed by atoms with van der Waals surface area (Å²) in [5.41, 5.74) is 1.06. The van der Waals surface area contributed by atoms with Crippen LogP contribution in [0, 0.1) is 5.92 Å². The van der Waals surface area contributed by atoms with Crippen LogP contribution in [0.2, 0.25) is 0 Å². The van der Waals surface area contributed by atoms with E-state index in [2.05, 4.69) is 10.3 Å². The summed E-state index contributed by atoms with van der Waals surface area (Å²) in [6.45, 7) is -0.155. The van der Waals surface area contributed by atoms with Gasteiger partial charge in [0, 0.05) is 6.42 Å². The van der Waals surface area contributed by atoms with Crippen molar-refractivity contribution in [1.29, 1.82) is 0 Å². The minimum absolute atomic E-state index is 0.152. The Morgan fingerprint density at radius 3 is 2.53 bits per heavy atom. The molecule has 1 heterocycles. The van der Waals surface area contributed by atoms with Gasteiger partial charge >= 0.3 is 5.97 Å². The van der Waals surface area contributed by atoms with Gasteiger partial charge in [-0.1, -0.05) is 62.4 Å². The maximum atomic E-state index is 12.9. The van der Waals surface area contributed by atoms with Gasteiger partial charge in [-0.25, -0.2) is 9.79 Å². The quantitative estimate of drug-likeness (QED) is 0.612. The zero-order valence-corrected chi connectivity index (χ0v) is 17.2. The summed E-state index contributed by atoms with van der Waals surface area (Å²) in [5, 5.41) is 11.9. The van der Waals surface area contributed by atoms with Gasteiger partial charge in [0.2, 0.25) is 11.7 Å². The molecule has 1 aromatic rings. The maximum absolute atomic E-state index is 12.9. The fourth-order valence-electron chi connectivity index (χ4n) is 4.09. The lowest BCUT2D eigenvalue weighted by molar-refractivity contribution is -0.138. The molecule has 162 valence electrons. The number of rotatable bonds is 10. The van der Waals surface area contributed by atoms with Crippen molar-refractivity contribution in [2.45, 2.75) is 69.9 Å². The largest absolute Gasteiger partial charge is 0.480 e. The van der Waals surface area contributed by atoms with E-state index in [0.717, 1.165) is 12.0 Å². The van der Waals surface area contributed by atoms with Crippen LogP contribution in [0.15, 0.2) is 35.3 Å². The molecule has 0 radical (unpaired) electrons. The van der Waals surface area contributed by atoms with Crippen LogP contribution in [0.3, 0.4) is 0 Å². The normalized spacial score (nSPS) is 20.1. The molecular formula is C23H30N2O5. The fraction of sp³-hybridized carbons (Fsp3) is 0.565. The Morgan fingerprint density at radius 2 is 1.87 bits per heavy atom. The molecule has 0 aromatic heterocycles. The number of carboxylic acid groups (broad SMARTS) is 1. The zero-order chi connectivity index (χ0) is 21.3. The Morgan fingerprint density at radius 1 is 1.13 bits per heavy atom. The van der Waals surface area contributed by atoms with Gasteiger partial charge in [0.15, 0.2) is 6.04 Å². The van der Waals surface area contributed by atoms with Crippen molar-refractivity contribution < 1.29 is 24.2 Å². The molecular weight excluding hydrogens is 384 g/mol. The minimum atomic E-state index is -1.13. The number of benzene rings is 1. The molecule has 0 bridgehead atoms. The summed E-state index contributed by atoms with van der Waals surface area (Å²) < 4.78 is 5.23. The molecule has 3 rings (SSSR count). The van der Waals surface area contributed by atoms with Crippen LogP contribution in [0.5, 0.6) is 0 Å². The molecule has 1 aliphatic carbocycles. The second kappa shape index (κ2) is 10.9. The van der Waals surface area contributed by atoms with Gasteiger partial charge in [-0.15, -0.1) is 0 Å². The van der Waals surface area contributed by atoms with E-state index in [-0.39, 0.29) is 18.4 Å². The molecule has 2 N–H and O–H groups in total. The highest BCUT2D eigenvalue weighted by atomic mass is 16.5. The molecule has 7 heteroatoms.